The van der Waals surface area contributed by atoms with Crippen molar-refractivity contribution in [3.63, 3.8) is 0 Å². The summed E-state index contributed by atoms with van der Waals surface area (Å²) in [6.07, 6.45) is 0. The Balaban J connectivity index is 0.00000162. The highest BCUT2D eigenvalue weighted by molar-refractivity contribution is 5.90. The van der Waals surface area contributed by atoms with Gasteiger partial charge in [-0.3, -0.25) is 4.90 Å². The molecule has 0 amide bonds. The van der Waals surface area contributed by atoms with Crippen molar-refractivity contribution in [1.29, 1.82) is 0 Å². The van der Waals surface area contributed by atoms with Gasteiger partial charge in [0.1, 0.15) is 11.3 Å². The summed E-state index contributed by atoms with van der Waals surface area (Å²) in [4.78, 5) is 12.9. The molecule has 0 radical (unpaired) electrons. The third kappa shape index (κ3) is 3.60. The quantitative estimate of drug-likeness (QED) is 0.870. The Morgan fingerprint density at radius 1 is 1.33 bits per heavy atom. The van der Waals surface area contributed by atoms with E-state index in [0.717, 1.165) is 31.9 Å². The first kappa shape index (κ1) is 14.8. The minimum absolute atomic E-state index is 0. The zero-order valence-electron chi connectivity index (χ0n) is 9.83. The van der Waals surface area contributed by atoms with E-state index in [0.29, 0.717) is 6.54 Å². The fourth-order valence-electron chi connectivity index (χ4n) is 1.87. The smallest absolute Gasteiger partial charge is 0.339 e. The highest BCUT2D eigenvalue weighted by atomic mass is 35.5. The number of hydrogen-bond donors (Lipinski definition) is 2. The maximum absolute atomic E-state index is 10.7. The summed E-state index contributed by atoms with van der Waals surface area (Å²) in [5, 5.41) is 18.4. The predicted molar refractivity (Wildman–Crippen MR) is 68.4 cm³/mol. The maximum atomic E-state index is 10.7. The monoisotopic (exact) mass is 273 g/mol. The van der Waals surface area contributed by atoms with Gasteiger partial charge < -0.3 is 14.9 Å². The summed E-state index contributed by atoms with van der Waals surface area (Å²) in [5.74, 6) is -1.29. The summed E-state index contributed by atoms with van der Waals surface area (Å²) < 4.78 is 5.24. The molecule has 0 saturated carbocycles. The molecule has 0 atom stereocenters. The van der Waals surface area contributed by atoms with Crippen molar-refractivity contribution < 1.29 is 19.7 Å². The molecule has 5 nitrogen and oxygen atoms in total. The van der Waals surface area contributed by atoms with Crippen molar-refractivity contribution >= 4 is 18.4 Å². The molecule has 1 saturated heterocycles. The molecule has 1 aromatic carbocycles. The average Bonchev–Trinajstić information content (AvgIpc) is 2.30. The van der Waals surface area contributed by atoms with Crippen LogP contribution >= 0.6 is 12.4 Å². The lowest BCUT2D eigenvalue weighted by molar-refractivity contribution is 0.0341. The molecule has 1 aliphatic heterocycles. The van der Waals surface area contributed by atoms with Crippen LogP contribution in [0, 0.1) is 0 Å². The average molecular weight is 274 g/mol. The Morgan fingerprint density at radius 3 is 2.56 bits per heavy atom. The number of morpholine rings is 1. The second-order valence-corrected chi connectivity index (χ2v) is 4.05. The van der Waals surface area contributed by atoms with Crippen molar-refractivity contribution in [2.45, 2.75) is 6.54 Å². The maximum Gasteiger partial charge on any atom is 0.339 e. The van der Waals surface area contributed by atoms with Gasteiger partial charge in [-0.05, 0) is 17.7 Å². The molecule has 0 bridgehead atoms. The molecule has 0 aliphatic carbocycles. The highest BCUT2D eigenvalue weighted by Crippen LogP contribution is 2.20. The normalized spacial score (nSPS) is 16.0. The van der Waals surface area contributed by atoms with Crippen LogP contribution in [0.2, 0.25) is 0 Å². The summed E-state index contributed by atoms with van der Waals surface area (Å²) in [6, 6.07) is 4.69. The molecule has 2 rings (SSSR count). The van der Waals surface area contributed by atoms with Crippen LogP contribution < -0.4 is 0 Å². The molecular weight excluding hydrogens is 258 g/mol. The lowest BCUT2D eigenvalue weighted by Gasteiger charge is -2.26. The van der Waals surface area contributed by atoms with Gasteiger partial charge in [-0.1, -0.05) is 6.07 Å². The first-order chi connectivity index (χ1) is 8.16. The Labute approximate surface area is 111 Å². The zero-order chi connectivity index (χ0) is 12.3. The molecular formula is C12H16ClNO4. The van der Waals surface area contributed by atoms with Crippen LogP contribution in [0.4, 0.5) is 0 Å². The minimum atomic E-state index is -1.11. The van der Waals surface area contributed by atoms with Gasteiger partial charge in [-0.2, -0.15) is 0 Å². The summed E-state index contributed by atoms with van der Waals surface area (Å²) in [7, 11) is 0. The van der Waals surface area contributed by atoms with E-state index in [1.165, 1.54) is 12.1 Å². The van der Waals surface area contributed by atoms with Gasteiger partial charge in [-0.25, -0.2) is 4.79 Å². The number of hydrogen-bond acceptors (Lipinski definition) is 4. The lowest BCUT2D eigenvalue weighted by Crippen LogP contribution is -2.35. The summed E-state index contributed by atoms with van der Waals surface area (Å²) >= 11 is 0. The Morgan fingerprint density at radius 2 is 2.00 bits per heavy atom. The van der Waals surface area contributed by atoms with Gasteiger partial charge in [0.15, 0.2) is 0 Å². The van der Waals surface area contributed by atoms with E-state index < -0.39 is 5.97 Å². The molecule has 1 aliphatic rings. The third-order valence-corrected chi connectivity index (χ3v) is 2.80. The Kier molecular flexibility index (Phi) is 5.40. The number of rotatable bonds is 3. The predicted octanol–water partition coefficient (Wildman–Crippen LogP) is 1.34. The summed E-state index contributed by atoms with van der Waals surface area (Å²) in [5.41, 5.74) is 0.852. The van der Waals surface area contributed by atoms with Crippen molar-refractivity contribution in [3.8, 4) is 5.75 Å². The van der Waals surface area contributed by atoms with Crippen LogP contribution in [-0.2, 0) is 11.3 Å². The van der Waals surface area contributed by atoms with Gasteiger partial charge in [0, 0.05) is 19.6 Å². The number of carboxylic acid groups (broad SMARTS) is 1. The molecule has 6 heteroatoms. The molecule has 1 aromatic rings. The van der Waals surface area contributed by atoms with Gasteiger partial charge in [0.25, 0.3) is 0 Å². The number of phenols is 1. The van der Waals surface area contributed by atoms with E-state index in [1.54, 1.807) is 6.07 Å². The number of carbonyl (C=O) groups is 1. The van der Waals surface area contributed by atoms with Crippen LogP contribution in [-0.4, -0.2) is 47.4 Å². The number of nitrogens with zero attached hydrogens (tertiary/aromatic N) is 1. The zero-order valence-corrected chi connectivity index (χ0v) is 10.7. The number of carboxylic acids is 1. The number of ether oxygens (including phenoxy) is 1. The van der Waals surface area contributed by atoms with E-state index in [9.17, 15) is 9.90 Å². The number of benzene rings is 1. The Bertz CT molecular complexity index is 419. The van der Waals surface area contributed by atoms with Crippen molar-refractivity contribution in [2.24, 2.45) is 0 Å². The first-order valence-corrected chi connectivity index (χ1v) is 5.52. The third-order valence-electron chi connectivity index (χ3n) is 2.80. The van der Waals surface area contributed by atoms with E-state index in [1.807, 2.05) is 0 Å². The molecule has 0 spiro atoms. The number of aromatic hydroxyl groups is 1. The standard InChI is InChI=1S/C12H15NO4.ClH/c14-11-7-9(1-2-10(11)12(15)16)8-13-3-5-17-6-4-13;/h1-2,7,14H,3-6,8H2,(H,15,16);1H. The lowest BCUT2D eigenvalue weighted by atomic mass is 10.1. The molecule has 18 heavy (non-hydrogen) atoms. The SMILES string of the molecule is Cl.O=C(O)c1ccc(CN2CCOCC2)cc1O. The molecule has 100 valence electrons. The van der Waals surface area contributed by atoms with E-state index in [-0.39, 0.29) is 23.7 Å². The van der Waals surface area contributed by atoms with Crippen molar-refractivity contribution in [1.82, 2.24) is 4.90 Å². The fraction of sp³-hybridized carbons (Fsp3) is 0.417. The van der Waals surface area contributed by atoms with Gasteiger partial charge >= 0.3 is 5.97 Å². The Hall–Kier alpha value is -1.30. The first-order valence-electron chi connectivity index (χ1n) is 5.52. The van der Waals surface area contributed by atoms with Gasteiger partial charge in [0.05, 0.1) is 13.2 Å². The molecule has 1 heterocycles. The molecule has 2 N–H and O–H groups in total. The van der Waals surface area contributed by atoms with Crippen LogP contribution in [0.15, 0.2) is 18.2 Å². The molecule has 0 unspecified atom stereocenters. The van der Waals surface area contributed by atoms with Crippen molar-refractivity contribution in [3.05, 3.63) is 29.3 Å². The minimum Gasteiger partial charge on any atom is -0.507 e. The van der Waals surface area contributed by atoms with E-state index >= 15 is 0 Å². The van der Waals surface area contributed by atoms with E-state index in [2.05, 4.69) is 4.90 Å². The number of halogens is 1. The second kappa shape index (κ2) is 6.58. The molecule has 0 aromatic heterocycles. The second-order valence-electron chi connectivity index (χ2n) is 4.05. The topological polar surface area (TPSA) is 70.0 Å². The number of aromatic carboxylic acids is 1. The van der Waals surface area contributed by atoms with Crippen LogP contribution in [0.5, 0.6) is 5.75 Å². The van der Waals surface area contributed by atoms with Crippen LogP contribution in [0.3, 0.4) is 0 Å². The largest absolute Gasteiger partial charge is 0.507 e. The van der Waals surface area contributed by atoms with Crippen LogP contribution in [0.1, 0.15) is 15.9 Å². The summed E-state index contributed by atoms with van der Waals surface area (Å²) in [6.45, 7) is 3.87. The van der Waals surface area contributed by atoms with Gasteiger partial charge in [0.2, 0.25) is 0 Å². The van der Waals surface area contributed by atoms with Gasteiger partial charge in [-0.15, -0.1) is 12.4 Å². The van der Waals surface area contributed by atoms with E-state index in [4.69, 9.17) is 9.84 Å². The van der Waals surface area contributed by atoms with Crippen LogP contribution in [0.25, 0.3) is 0 Å². The highest BCUT2D eigenvalue weighted by Gasteiger charge is 2.13. The van der Waals surface area contributed by atoms with Crippen molar-refractivity contribution in [2.75, 3.05) is 26.3 Å². The fourth-order valence-corrected chi connectivity index (χ4v) is 1.87. The molecule has 1 fully saturated rings.